The maximum absolute atomic E-state index is 12.5. The summed E-state index contributed by atoms with van der Waals surface area (Å²) in [6.07, 6.45) is -0.301. The van der Waals surface area contributed by atoms with E-state index in [2.05, 4.69) is 15.6 Å². The predicted octanol–water partition coefficient (Wildman–Crippen LogP) is 3.06. The number of sulfonamides is 1. The van der Waals surface area contributed by atoms with Crippen LogP contribution in [-0.2, 0) is 14.8 Å². The van der Waals surface area contributed by atoms with Crippen molar-refractivity contribution in [2.75, 3.05) is 30.7 Å². The number of rotatable bonds is 6. The molecule has 1 fully saturated rings. The maximum Gasteiger partial charge on any atom is 0.319 e. The first-order chi connectivity index (χ1) is 15.3. The third-order valence-corrected chi connectivity index (χ3v) is 6.91. The molecular weight excluding hydrogens is 432 g/mol. The molecule has 1 aliphatic rings. The lowest BCUT2D eigenvalue weighted by Crippen LogP contribution is -2.49. The van der Waals surface area contributed by atoms with E-state index in [0.717, 1.165) is 11.1 Å². The number of para-hydroxylation sites is 2. The second kappa shape index (κ2) is 9.27. The Kier molecular flexibility index (Phi) is 6.45. The molecule has 3 aromatic rings. The quantitative estimate of drug-likeness (QED) is 0.587. The molecule has 2 aromatic carbocycles. The van der Waals surface area contributed by atoms with Gasteiger partial charge in [-0.2, -0.15) is 4.31 Å². The highest BCUT2D eigenvalue weighted by atomic mass is 32.2. The minimum absolute atomic E-state index is 0.00920. The summed E-state index contributed by atoms with van der Waals surface area (Å²) in [6, 6.07) is 14.1. The number of urea groups is 1. The number of ether oxygens (including phenoxy) is 1. The fourth-order valence-electron chi connectivity index (χ4n) is 3.65. The zero-order chi connectivity index (χ0) is 22.7. The number of carbonyl (C=O) groups is 1. The Labute approximate surface area is 186 Å². The van der Waals surface area contributed by atoms with Crippen LogP contribution in [0.25, 0.3) is 22.6 Å². The molecule has 2 N–H and O–H groups in total. The molecule has 1 aliphatic heterocycles. The lowest BCUT2D eigenvalue weighted by atomic mass is 10.2. The van der Waals surface area contributed by atoms with Crippen LogP contribution in [0.1, 0.15) is 13.8 Å². The van der Waals surface area contributed by atoms with E-state index in [4.69, 9.17) is 9.15 Å². The standard InChI is InChI=1S/C22H26N4O5S/c1-15-13-26(14-16(2)30-15)32(28,29)12-11-23-22(27)24-18-9-7-17(8-10-18)21-25-19-5-3-4-6-20(19)31-21/h3-10,15-16H,11-14H2,1-2H3,(H2,23,24,27)/t15-,16-/m1/s1. The normalized spacial score (nSPS) is 19.7. The van der Waals surface area contributed by atoms with Gasteiger partial charge >= 0.3 is 6.03 Å². The Morgan fingerprint density at radius 1 is 1.09 bits per heavy atom. The van der Waals surface area contributed by atoms with Gasteiger partial charge in [-0.25, -0.2) is 18.2 Å². The topological polar surface area (TPSA) is 114 Å². The summed E-state index contributed by atoms with van der Waals surface area (Å²) < 4.78 is 37.8. The largest absolute Gasteiger partial charge is 0.436 e. The van der Waals surface area contributed by atoms with Crippen molar-refractivity contribution >= 4 is 32.8 Å². The van der Waals surface area contributed by atoms with Gasteiger partial charge in [0.25, 0.3) is 0 Å². The molecule has 0 aliphatic carbocycles. The van der Waals surface area contributed by atoms with E-state index in [1.807, 2.05) is 38.1 Å². The van der Waals surface area contributed by atoms with E-state index < -0.39 is 16.1 Å². The van der Waals surface area contributed by atoms with Gasteiger partial charge in [0.2, 0.25) is 15.9 Å². The van der Waals surface area contributed by atoms with Gasteiger partial charge < -0.3 is 19.8 Å². The van der Waals surface area contributed by atoms with Crippen molar-refractivity contribution in [2.45, 2.75) is 26.1 Å². The summed E-state index contributed by atoms with van der Waals surface area (Å²) in [5.74, 6) is 0.329. The number of hydrogen-bond acceptors (Lipinski definition) is 6. The fraction of sp³-hybridized carbons (Fsp3) is 0.364. The molecule has 1 saturated heterocycles. The number of hydrogen-bond donors (Lipinski definition) is 2. The molecule has 170 valence electrons. The number of amides is 2. The van der Waals surface area contributed by atoms with Crippen LogP contribution in [-0.4, -0.2) is 61.3 Å². The molecule has 0 unspecified atom stereocenters. The summed E-state index contributed by atoms with van der Waals surface area (Å²) in [4.78, 5) is 16.6. The minimum atomic E-state index is -3.47. The molecule has 2 heterocycles. The number of nitrogens with one attached hydrogen (secondary N) is 2. The van der Waals surface area contributed by atoms with Gasteiger partial charge in [-0.1, -0.05) is 12.1 Å². The number of morpholine rings is 1. The Balaban J connectivity index is 1.28. The molecule has 0 saturated carbocycles. The minimum Gasteiger partial charge on any atom is -0.436 e. The van der Waals surface area contributed by atoms with E-state index in [9.17, 15) is 13.2 Å². The van der Waals surface area contributed by atoms with Gasteiger partial charge in [0.1, 0.15) is 5.52 Å². The van der Waals surface area contributed by atoms with E-state index >= 15 is 0 Å². The zero-order valence-electron chi connectivity index (χ0n) is 17.9. The highest BCUT2D eigenvalue weighted by Gasteiger charge is 2.30. The fourth-order valence-corrected chi connectivity index (χ4v) is 5.14. The Morgan fingerprint density at radius 3 is 2.47 bits per heavy atom. The van der Waals surface area contributed by atoms with Gasteiger partial charge in [-0.3, -0.25) is 0 Å². The Morgan fingerprint density at radius 2 is 1.78 bits per heavy atom. The number of fused-ring (bicyclic) bond motifs is 1. The Bertz CT molecular complexity index is 1150. The second-order valence-corrected chi connectivity index (χ2v) is 9.92. The van der Waals surface area contributed by atoms with Crippen LogP contribution >= 0.6 is 0 Å². The van der Waals surface area contributed by atoms with Crippen LogP contribution in [0.2, 0.25) is 0 Å². The van der Waals surface area contributed by atoms with Gasteiger partial charge in [0.15, 0.2) is 5.58 Å². The number of aromatic nitrogens is 1. The monoisotopic (exact) mass is 458 g/mol. The van der Waals surface area contributed by atoms with Crippen LogP contribution in [0.5, 0.6) is 0 Å². The highest BCUT2D eigenvalue weighted by Crippen LogP contribution is 2.25. The highest BCUT2D eigenvalue weighted by molar-refractivity contribution is 7.89. The number of nitrogens with zero attached hydrogens (tertiary/aromatic N) is 2. The van der Waals surface area contributed by atoms with Crippen molar-refractivity contribution in [3.05, 3.63) is 48.5 Å². The maximum atomic E-state index is 12.5. The van der Waals surface area contributed by atoms with Crippen LogP contribution in [0.4, 0.5) is 10.5 Å². The molecular formula is C22H26N4O5S. The van der Waals surface area contributed by atoms with E-state index in [-0.39, 0.29) is 24.5 Å². The van der Waals surface area contributed by atoms with Crippen LogP contribution in [0.3, 0.4) is 0 Å². The first-order valence-corrected chi connectivity index (χ1v) is 12.1. The van der Waals surface area contributed by atoms with Gasteiger partial charge in [0.05, 0.1) is 18.0 Å². The SMILES string of the molecule is C[C@@H]1CN(S(=O)(=O)CCNC(=O)Nc2ccc(-c3nc4ccccc4o3)cc2)C[C@@H](C)O1. The third-order valence-electron chi connectivity index (χ3n) is 5.11. The smallest absolute Gasteiger partial charge is 0.319 e. The number of oxazole rings is 1. The van der Waals surface area contributed by atoms with Crippen molar-refractivity contribution in [1.82, 2.24) is 14.6 Å². The van der Waals surface area contributed by atoms with Crippen LogP contribution in [0, 0.1) is 0 Å². The summed E-state index contributed by atoms with van der Waals surface area (Å²) in [5.41, 5.74) is 2.84. The summed E-state index contributed by atoms with van der Waals surface area (Å²) >= 11 is 0. The molecule has 9 nitrogen and oxygen atoms in total. The molecule has 0 spiro atoms. The molecule has 0 bridgehead atoms. The number of benzene rings is 2. The van der Waals surface area contributed by atoms with E-state index in [1.165, 1.54) is 4.31 Å². The first-order valence-electron chi connectivity index (χ1n) is 10.4. The van der Waals surface area contributed by atoms with Crippen molar-refractivity contribution in [3.63, 3.8) is 0 Å². The van der Waals surface area contributed by atoms with Crippen molar-refractivity contribution in [3.8, 4) is 11.5 Å². The average molecular weight is 459 g/mol. The first kappa shape index (κ1) is 22.3. The molecule has 2 atom stereocenters. The van der Waals surface area contributed by atoms with Crippen LogP contribution in [0.15, 0.2) is 52.9 Å². The lowest BCUT2D eigenvalue weighted by molar-refractivity contribution is -0.0440. The van der Waals surface area contributed by atoms with Crippen molar-refractivity contribution < 1.29 is 22.4 Å². The summed E-state index contributed by atoms with van der Waals surface area (Å²) in [7, 11) is -3.47. The average Bonchev–Trinajstić information content (AvgIpc) is 3.18. The summed E-state index contributed by atoms with van der Waals surface area (Å²) in [5, 5.41) is 5.29. The van der Waals surface area contributed by atoms with Gasteiger partial charge in [-0.05, 0) is 50.2 Å². The van der Waals surface area contributed by atoms with E-state index in [1.54, 1.807) is 24.3 Å². The van der Waals surface area contributed by atoms with Crippen molar-refractivity contribution in [1.29, 1.82) is 0 Å². The summed E-state index contributed by atoms with van der Waals surface area (Å²) in [6.45, 7) is 4.35. The molecule has 0 radical (unpaired) electrons. The van der Waals surface area contributed by atoms with Crippen molar-refractivity contribution in [2.24, 2.45) is 0 Å². The second-order valence-electron chi connectivity index (χ2n) is 7.84. The molecule has 32 heavy (non-hydrogen) atoms. The molecule has 4 rings (SSSR count). The number of carbonyl (C=O) groups excluding carboxylic acids is 1. The third kappa shape index (κ3) is 5.26. The lowest BCUT2D eigenvalue weighted by Gasteiger charge is -2.34. The molecule has 10 heteroatoms. The van der Waals surface area contributed by atoms with E-state index in [0.29, 0.717) is 30.3 Å². The van der Waals surface area contributed by atoms with Gasteiger partial charge in [-0.15, -0.1) is 0 Å². The predicted molar refractivity (Wildman–Crippen MR) is 122 cm³/mol. The molecule has 1 aromatic heterocycles. The zero-order valence-corrected chi connectivity index (χ0v) is 18.8. The molecule has 2 amide bonds. The Hall–Kier alpha value is -2.95. The van der Waals surface area contributed by atoms with Crippen LogP contribution < -0.4 is 10.6 Å². The number of anilines is 1. The van der Waals surface area contributed by atoms with Gasteiger partial charge in [0, 0.05) is 30.9 Å².